The number of hydrogen-bond acceptors (Lipinski definition) is 1. The van der Waals surface area contributed by atoms with Crippen LogP contribution in [-0.2, 0) is 0 Å². The Hall–Kier alpha value is -0.603. The fraction of sp³-hybridized carbons (Fsp3) is 0.538. The predicted molar refractivity (Wildman–Crippen MR) is 68.8 cm³/mol. The fourth-order valence-electron chi connectivity index (χ4n) is 2.02. The highest BCUT2D eigenvalue weighted by Crippen LogP contribution is 2.31. The van der Waals surface area contributed by atoms with Gasteiger partial charge in [-0.05, 0) is 24.4 Å². The highest BCUT2D eigenvalue weighted by atomic mass is 28.3. The van der Waals surface area contributed by atoms with Crippen LogP contribution in [0.25, 0.3) is 0 Å². The molecule has 0 aliphatic rings. The first-order valence-corrected chi connectivity index (χ1v) is 9.22. The molecule has 1 rings (SSSR count). The maximum atomic E-state index is 9.57. The van der Waals surface area contributed by atoms with E-state index < -0.39 is 8.07 Å². The van der Waals surface area contributed by atoms with E-state index in [1.165, 1.54) is 5.56 Å². The molecule has 0 aromatic heterocycles. The van der Waals surface area contributed by atoms with Crippen LogP contribution in [0.5, 0.6) is 0 Å². The Kier molecular flexibility index (Phi) is 4.11. The molecule has 2 heteroatoms. The van der Waals surface area contributed by atoms with Gasteiger partial charge in [0.05, 0.1) is 14.2 Å². The first kappa shape index (κ1) is 12.5. The highest BCUT2D eigenvalue weighted by Gasteiger charge is 2.28. The lowest BCUT2D eigenvalue weighted by atomic mass is 10.1. The lowest BCUT2D eigenvalue weighted by molar-refractivity contribution is 0.182. The summed E-state index contributed by atoms with van der Waals surface area (Å²) in [5.41, 5.74) is 1.94. The Morgan fingerprint density at radius 1 is 1.13 bits per heavy atom. The van der Waals surface area contributed by atoms with Crippen molar-refractivity contribution in [1.29, 1.82) is 0 Å². The second-order valence-corrected chi connectivity index (χ2v) is 10.8. The van der Waals surface area contributed by atoms with Crippen molar-refractivity contribution in [3.63, 3.8) is 0 Å². The van der Waals surface area contributed by atoms with Gasteiger partial charge in [0.15, 0.2) is 0 Å². The minimum Gasteiger partial charge on any atom is -0.393 e. The quantitative estimate of drug-likeness (QED) is 0.774. The number of aliphatic hydroxyl groups excluding tert-OH is 1. The van der Waals surface area contributed by atoms with Crippen LogP contribution in [0.4, 0.5) is 0 Å². The average molecular weight is 222 g/mol. The van der Waals surface area contributed by atoms with E-state index in [1.54, 1.807) is 0 Å². The maximum Gasteiger partial charge on any atom is 0.0522 e. The summed E-state index contributed by atoms with van der Waals surface area (Å²) < 4.78 is 0. The molecule has 0 aliphatic carbocycles. The molecule has 1 unspecified atom stereocenters. The molecule has 2 atom stereocenters. The second-order valence-electron chi connectivity index (χ2n) is 5.41. The molecule has 0 radical (unpaired) electrons. The molecule has 0 fully saturated rings. The van der Waals surface area contributed by atoms with Crippen molar-refractivity contribution < 1.29 is 5.11 Å². The van der Waals surface area contributed by atoms with Crippen molar-refractivity contribution in [2.45, 2.75) is 44.6 Å². The van der Waals surface area contributed by atoms with Gasteiger partial charge >= 0.3 is 0 Å². The standard InChI is InChI=1S/C13H22OSi/c1-11(14)10-13(15(2,3)4)12-8-6-5-7-9-12/h5-9,11,13-14H,10H2,1-4H3/t11-,13?/m0/s1. The SMILES string of the molecule is C[C@H](O)CC(c1ccccc1)[Si](C)(C)C. The molecule has 0 saturated carbocycles. The van der Waals surface area contributed by atoms with E-state index in [-0.39, 0.29) is 6.10 Å². The molecular formula is C13H22OSi. The largest absolute Gasteiger partial charge is 0.393 e. The van der Waals surface area contributed by atoms with Gasteiger partial charge in [0, 0.05) is 0 Å². The lowest BCUT2D eigenvalue weighted by Crippen LogP contribution is -2.33. The van der Waals surface area contributed by atoms with Gasteiger partial charge in [-0.1, -0.05) is 50.0 Å². The molecular weight excluding hydrogens is 200 g/mol. The van der Waals surface area contributed by atoms with Crippen LogP contribution in [-0.4, -0.2) is 19.3 Å². The van der Waals surface area contributed by atoms with Crippen LogP contribution < -0.4 is 0 Å². The number of rotatable bonds is 4. The van der Waals surface area contributed by atoms with E-state index in [2.05, 4.69) is 43.9 Å². The van der Waals surface area contributed by atoms with Gasteiger partial charge in [0.2, 0.25) is 0 Å². The van der Waals surface area contributed by atoms with Gasteiger partial charge < -0.3 is 5.11 Å². The van der Waals surface area contributed by atoms with Crippen molar-refractivity contribution >= 4 is 8.07 Å². The Labute approximate surface area is 94.2 Å². The average Bonchev–Trinajstić information content (AvgIpc) is 2.14. The fourth-order valence-corrected chi connectivity index (χ4v) is 4.26. The molecule has 1 nitrogen and oxygen atoms in total. The third-order valence-electron chi connectivity index (χ3n) is 2.82. The molecule has 1 aromatic carbocycles. The van der Waals surface area contributed by atoms with Crippen molar-refractivity contribution in [2.24, 2.45) is 0 Å². The van der Waals surface area contributed by atoms with Crippen LogP contribution in [0.1, 0.15) is 24.4 Å². The molecule has 1 aromatic rings. The van der Waals surface area contributed by atoms with Gasteiger partial charge in [-0.2, -0.15) is 0 Å². The number of aliphatic hydroxyl groups is 1. The summed E-state index contributed by atoms with van der Waals surface area (Å²) in [6.45, 7) is 8.99. The maximum absolute atomic E-state index is 9.57. The van der Waals surface area contributed by atoms with Crippen LogP contribution in [0.2, 0.25) is 19.6 Å². The van der Waals surface area contributed by atoms with E-state index in [0.717, 1.165) is 6.42 Å². The number of benzene rings is 1. The highest BCUT2D eigenvalue weighted by molar-refractivity contribution is 6.77. The van der Waals surface area contributed by atoms with E-state index >= 15 is 0 Å². The summed E-state index contributed by atoms with van der Waals surface area (Å²) in [6.07, 6.45) is 0.682. The normalized spacial score (nSPS) is 16.1. The monoisotopic (exact) mass is 222 g/mol. The topological polar surface area (TPSA) is 20.2 Å². The Balaban J connectivity index is 2.92. The first-order valence-electron chi connectivity index (χ1n) is 5.64. The summed E-state index contributed by atoms with van der Waals surface area (Å²) in [4.78, 5) is 0. The zero-order valence-electron chi connectivity index (χ0n) is 10.2. The minimum absolute atomic E-state index is 0.207. The van der Waals surface area contributed by atoms with Gasteiger partial charge in [0.25, 0.3) is 0 Å². The molecule has 0 amide bonds. The minimum atomic E-state index is -1.25. The molecule has 1 N–H and O–H groups in total. The summed E-state index contributed by atoms with van der Waals surface area (Å²) in [5, 5.41) is 9.57. The predicted octanol–water partition coefficient (Wildman–Crippen LogP) is 3.42. The lowest BCUT2D eigenvalue weighted by Gasteiger charge is -2.30. The third kappa shape index (κ3) is 3.80. The first-order chi connectivity index (χ1) is 6.91. The zero-order chi connectivity index (χ0) is 11.5. The zero-order valence-corrected chi connectivity index (χ0v) is 11.2. The van der Waals surface area contributed by atoms with Crippen molar-refractivity contribution in [3.8, 4) is 0 Å². The van der Waals surface area contributed by atoms with Crippen molar-refractivity contribution in [1.82, 2.24) is 0 Å². The molecule has 0 bridgehead atoms. The molecule has 15 heavy (non-hydrogen) atoms. The van der Waals surface area contributed by atoms with Crippen molar-refractivity contribution in [2.75, 3.05) is 0 Å². The van der Waals surface area contributed by atoms with Gasteiger partial charge in [-0.15, -0.1) is 0 Å². The van der Waals surface area contributed by atoms with E-state index in [0.29, 0.717) is 5.54 Å². The van der Waals surface area contributed by atoms with Gasteiger partial charge in [-0.25, -0.2) is 0 Å². The third-order valence-corrected chi connectivity index (χ3v) is 5.48. The summed E-state index contributed by atoms with van der Waals surface area (Å²) in [6, 6.07) is 10.6. The summed E-state index contributed by atoms with van der Waals surface area (Å²) in [7, 11) is -1.25. The van der Waals surface area contributed by atoms with Crippen LogP contribution >= 0.6 is 0 Å². The molecule has 84 valence electrons. The van der Waals surface area contributed by atoms with E-state index in [9.17, 15) is 5.11 Å². The van der Waals surface area contributed by atoms with Crippen molar-refractivity contribution in [3.05, 3.63) is 35.9 Å². The Morgan fingerprint density at radius 2 is 1.67 bits per heavy atom. The van der Waals surface area contributed by atoms with Crippen LogP contribution in [0.3, 0.4) is 0 Å². The smallest absolute Gasteiger partial charge is 0.0522 e. The van der Waals surface area contributed by atoms with Crippen LogP contribution in [0.15, 0.2) is 30.3 Å². The molecule has 0 aliphatic heterocycles. The number of hydrogen-bond donors (Lipinski definition) is 1. The van der Waals surface area contributed by atoms with E-state index in [1.807, 2.05) is 13.0 Å². The van der Waals surface area contributed by atoms with E-state index in [4.69, 9.17) is 0 Å². The summed E-state index contributed by atoms with van der Waals surface area (Å²) >= 11 is 0. The van der Waals surface area contributed by atoms with Gasteiger partial charge in [-0.3, -0.25) is 0 Å². The molecule has 0 heterocycles. The van der Waals surface area contributed by atoms with Crippen LogP contribution in [0, 0.1) is 0 Å². The molecule has 0 spiro atoms. The molecule has 0 saturated heterocycles. The van der Waals surface area contributed by atoms with Gasteiger partial charge in [0.1, 0.15) is 0 Å². The summed E-state index contributed by atoms with van der Waals surface area (Å²) in [5.74, 6) is 0. The Morgan fingerprint density at radius 3 is 2.07 bits per heavy atom. The Bertz CT molecular complexity index is 287. The second kappa shape index (κ2) is 4.95.